The first-order valence-corrected chi connectivity index (χ1v) is 15.8. The molecule has 256 valence electrons. The fraction of sp³-hybridized carbons (Fsp3) is 0.324. The van der Waals surface area contributed by atoms with Gasteiger partial charge in [0.05, 0.1) is 19.4 Å². The van der Waals surface area contributed by atoms with Gasteiger partial charge in [-0.05, 0) is 59.7 Å². The summed E-state index contributed by atoms with van der Waals surface area (Å²) in [4.78, 5) is 67.0. The second kappa shape index (κ2) is 16.0. The number of rotatable bonds is 16. The fourth-order valence-electron chi connectivity index (χ4n) is 4.90. The van der Waals surface area contributed by atoms with Gasteiger partial charge in [-0.1, -0.05) is 50.8 Å². The molecule has 3 aromatic rings. The summed E-state index contributed by atoms with van der Waals surface area (Å²) in [5, 5.41) is 21.2. The smallest absolute Gasteiger partial charge is 0.355 e. The Kier molecular flexibility index (Phi) is 11.8. The van der Waals surface area contributed by atoms with Crippen LogP contribution >= 0.6 is 0 Å². The number of Topliss-reactive ketones (excluding diaryl/α,β-unsaturated/α-hetero) is 1. The zero-order valence-corrected chi connectivity index (χ0v) is 27.8. The normalized spacial score (nSPS) is 12.8. The van der Waals surface area contributed by atoms with Crippen molar-refractivity contribution in [2.24, 2.45) is 11.8 Å². The Morgan fingerprint density at radius 2 is 1.71 bits per heavy atom. The van der Waals surface area contributed by atoms with Gasteiger partial charge >= 0.3 is 17.9 Å². The molecule has 1 aliphatic rings. The SMILES string of the molecule is C=Cc1cc(C(=O)Cc2ccc(C(=N)CC(=O)OC(C)OC(=O)C(C)C)cc2)c(-c2ccc(C(=O)NCC3CC3)nc2C(=O)O)cc1OC. The third-order valence-corrected chi connectivity index (χ3v) is 7.80. The number of pyridine rings is 1. The average molecular weight is 670 g/mol. The lowest BCUT2D eigenvalue weighted by molar-refractivity contribution is -0.185. The molecule has 3 N–H and O–H groups in total. The molecule has 1 aromatic heterocycles. The van der Waals surface area contributed by atoms with E-state index in [0.29, 0.717) is 34.9 Å². The van der Waals surface area contributed by atoms with Gasteiger partial charge in [0.15, 0.2) is 11.5 Å². The molecule has 0 aliphatic heterocycles. The molecule has 12 heteroatoms. The van der Waals surface area contributed by atoms with E-state index in [-0.39, 0.29) is 52.6 Å². The van der Waals surface area contributed by atoms with Crippen molar-refractivity contribution in [1.82, 2.24) is 10.3 Å². The lowest BCUT2D eigenvalue weighted by Crippen LogP contribution is -2.27. The van der Waals surface area contributed by atoms with E-state index in [1.807, 2.05) is 0 Å². The van der Waals surface area contributed by atoms with Gasteiger partial charge in [-0.3, -0.25) is 19.2 Å². The molecule has 0 bridgehead atoms. The van der Waals surface area contributed by atoms with Crippen LogP contribution in [0.3, 0.4) is 0 Å². The number of amides is 1. The monoisotopic (exact) mass is 669 g/mol. The lowest BCUT2D eigenvalue weighted by atomic mass is 9.90. The van der Waals surface area contributed by atoms with E-state index < -0.39 is 35.8 Å². The van der Waals surface area contributed by atoms with Crippen molar-refractivity contribution in [2.45, 2.75) is 52.7 Å². The summed E-state index contributed by atoms with van der Waals surface area (Å²) in [5.41, 5.74) is 1.65. The molecule has 0 spiro atoms. The first kappa shape index (κ1) is 36.2. The third kappa shape index (κ3) is 9.47. The predicted octanol–water partition coefficient (Wildman–Crippen LogP) is 5.51. The summed E-state index contributed by atoms with van der Waals surface area (Å²) in [6.07, 6.45) is 2.06. The number of hydrogen-bond donors (Lipinski definition) is 3. The van der Waals surface area contributed by atoms with Gasteiger partial charge in [-0.25, -0.2) is 9.78 Å². The Bertz CT molecular complexity index is 1790. The van der Waals surface area contributed by atoms with Crippen LogP contribution in [0.1, 0.15) is 88.1 Å². The maximum Gasteiger partial charge on any atom is 0.355 e. The van der Waals surface area contributed by atoms with Gasteiger partial charge in [0.1, 0.15) is 11.4 Å². The molecule has 1 saturated carbocycles. The first-order chi connectivity index (χ1) is 23.3. The number of aromatic nitrogens is 1. The second-order valence-corrected chi connectivity index (χ2v) is 12.0. The lowest BCUT2D eigenvalue weighted by Gasteiger charge is -2.16. The number of hydrogen-bond acceptors (Lipinski definition) is 10. The van der Waals surface area contributed by atoms with Crippen molar-refractivity contribution in [3.8, 4) is 16.9 Å². The van der Waals surface area contributed by atoms with E-state index in [1.165, 1.54) is 32.2 Å². The minimum absolute atomic E-state index is 0.0308. The highest BCUT2D eigenvalue weighted by atomic mass is 16.7. The second-order valence-electron chi connectivity index (χ2n) is 12.0. The van der Waals surface area contributed by atoms with Crippen LogP contribution in [-0.2, 0) is 25.5 Å². The Morgan fingerprint density at radius 3 is 2.31 bits per heavy atom. The molecule has 49 heavy (non-hydrogen) atoms. The van der Waals surface area contributed by atoms with Crippen molar-refractivity contribution in [3.63, 3.8) is 0 Å². The molecule has 1 fully saturated rings. The number of carbonyl (C=O) groups is 5. The number of carboxylic acids is 1. The number of nitrogens with zero attached hydrogens (tertiary/aromatic N) is 1. The number of carbonyl (C=O) groups excluding carboxylic acids is 4. The molecule has 1 heterocycles. The van der Waals surface area contributed by atoms with Crippen LogP contribution in [-0.4, -0.2) is 65.3 Å². The van der Waals surface area contributed by atoms with Gasteiger partial charge in [-0.2, -0.15) is 0 Å². The van der Waals surface area contributed by atoms with E-state index in [0.717, 1.165) is 12.8 Å². The molecule has 2 aromatic carbocycles. The molecule has 1 aliphatic carbocycles. The number of benzene rings is 2. The molecule has 4 rings (SSSR count). The van der Waals surface area contributed by atoms with Crippen LogP contribution in [0.2, 0.25) is 0 Å². The predicted molar refractivity (Wildman–Crippen MR) is 181 cm³/mol. The highest BCUT2D eigenvalue weighted by molar-refractivity contribution is 6.09. The van der Waals surface area contributed by atoms with Crippen LogP contribution < -0.4 is 10.1 Å². The molecular weight excluding hydrogens is 630 g/mol. The topological polar surface area (TPSA) is 182 Å². The van der Waals surface area contributed by atoms with E-state index in [1.54, 1.807) is 50.2 Å². The van der Waals surface area contributed by atoms with Crippen molar-refractivity contribution in [1.29, 1.82) is 5.41 Å². The maximum absolute atomic E-state index is 13.8. The van der Waals surface area contributed by atoms with Crippen molar-refractivity contribution in [3.05, 3.63) is 88.8 Å². The number of ether oxygens (including phenoxy) is 3. The van der Waals surface area contributed by atoms with Crippen molar-refractivity contribution >= 4 is 41.4 Å². The number of aromatic carboxylic acids is 1. The first-order valence-electron chi connectivity index (χ1n) is 15.8. The molecule has 1 amide bonds. The highest BCUT2D eigenvalue weighted by Gasteiger charge is 2.26. The Labute approximate surface area is 284 Å². The van der Waals surface area contributed by atoms with Crippen LogP contribution in [0.25, 0.3) is 17.2 Å². The Morgan fingerprint density at radius 1 is 1.02 bits per heavy atom. The summed E-state index contributed by atoms with van der Waals surface area (Å²) in [6, 6.07) is 12.5. The van der Waals surface area contributed by atoms with Crippen LogP contribution in [0.5, 0.6) is 5.75 Å². The zero-order valence-electron chi connectivity index (χ0n) is 27.8. The molecule has 0 radical (unpaired) electrons. The van der Waals surface area contributed by atoms with Gasteiger partial charge in [0.25, 0.3) is 5.91 Å². The molecular formula is C37H39N3O9. The maximum atomic E-state index is 13.8. The van der Waals surface area contributed by atoms with Crippen LogP contribution in [0, 0.1) is 17.2 Å². The summed E-state index contributed by atoms with van der Waals surface area (Å²) < 4.78 is 15.6. The number of carboxylic acid groups (broad SMARTS) is 1. The van der Waals surface area contributed by atoms with Gasteiger partial charge in [0, 0.05) is 42.3 Å². The quantitative estimate of drug-likeness (QED) is 0.0761. The van der Waals surface area contributed by atoms with E-state index in [9.17, 15) is 29.1 Å². The number of nitrogens with one attached hydrogen (secondary N) is 2. The number of ketones is 1. The summed E-state index contributed by atoms with van der Waals surface area (Å²) in [6.45, 7) is 9.03. The number of esters is 2. The third-order valence-electron chi connectivity index (χ3n) is 7.80. The Hall–Kier alpha value is -5.65. The summed E-state index contributed by atoms with van der Waals surface area (Å²) in [7, 11) is 1.44. The summed E-state index contributed by atoms with van der Waals surface area (Å²) >= 11 is 0. The highest BCUT2D eigenvalue weighted by Crippen LogP contribution is 2.35. The van der Waals surface area contributed by atoms with Gasteiger partial charge in [0.2, 0.25) is 6.29 Å². The molecule has 12 nitrogen and oxygen atoms in total. The Balaban J connectivity index is 1.55. The minimum Gasteiger partial charge on any atom is -0.496 e. The van der Waals surface area contributed by atoms with E-state index in [2.05, 4.69) is 16.9 Å². The largest absolute Gasteiger partial charge is 0.496 e. The van der Waals surface area contributed by atoms with Gasteiger partial charge in [-0.15, -0.1) is 0 Å². The fourth-order valence-corrected chi connectivity index (χ4v) is 4.90. The van der Waals surface area contributed by atoms with Gasteiger partial charge < -0.3 is 30.0 Å². The number of methoxy groups -OCH3 is 1. The molecule has 1 unspecified atom stereocenters. The van der Waals surface area contributed by atoms with Crippen molar-refractivity contribution in [2.75, 3.05) is 13.7 Å². The average Bonchev–Trinajstić information content (AvgIpc) is 3.91. The molecule has 1 atom stereocenters. The zero-order chi connectivity index (χ0) is 35.8. The summed E-state index contributed by atoms with van der Waals surface area (Å²) in [5.74, 6) is -3.04. The van der Waals surface area contributed by atoms with E-state index >= 15 is 0 Å². The standard InChI is InChI=1S/C37H39N3O9/c1-6-24-16-28(27(17-32(24)47-5)26-13-14-30(40-34(26)36(44)45)35(43)39-19-23-7-8-23)31(41)15-22-9-11-25(12-10-22)29(38)18-33(42)48-21(4)49-37(46)20(2)3/h6,9-14,16-17,20-21,23,38H,1,7-8,15,18-19H2,2-5H3,(H,39,43)(H,44,45). The van der Waals surface area contributed by atoms with Crippen LogP contribution in [0.15, 0.2) is 55.1 Å². The van der Waals surface area contributed by atoms with Crippen molar-refractivity contribution < 1.29 is 43.3 Å². The molecule has 0 saturated heterocycles. The van der Waals surface area contributed by atoms with Crippen LogP contribution in [0.4, 0.5) is 0 Å². The van der Waals surface area contributed by atoms with E-state index in [4.69, 9.17) is 19.6 Å². The minimum atomic E-state index is -1.37.